The van der Waals surface area contributed by atoms with Crippen molar-refractivity contribution in [1.29, 1.82) is 0 Å². The van der Waals surface area contributed by atoms with Gasteiger partial charge in [-0.15, -0.1) is 12.4 Å². The van der Waals surface area contributed by atoms with Crippen molar-refractivity contribution in [2.24, 2.45) is 5.73 Å². The molecule has 0 saturated carbocycles. The molecule has 0 aliphatic heterocycles. The van der Waals surface area contributed by atoms with Gasteiger partial charge in [0.15, 0.2) is 0 Å². The first kappa shape index (κ1) is 17.9. The number of nitrogens with two attached hydrogens (primary N) is 1. The van der Waals surface area contributed by atoms with Crippen LogP contribution in [0.5, 0.6) is 0 Å². The maximum Gasteiger partial charge on any atom is 0.338 e. The van der Waals surface area contributed by atoms with E-state index in [2.05, 4.69) is 20.8 Å². The molecule has 4 nitrogen and oxygen atoms in total. The number of carbonyl (C=O) groups excluding carboxylic acids is 1. The molecule has 0 heterocycles. The third-order valence-corrected chi connectivity index (χ3v) is 2.65. The summed E-state index contributed by atoms with van der Waals surface area (Å²) in [5.74, 6) is -0.417. The largest absolute Gasteiger partial charge is 0.460 e. The molecule has 5 heteroatoms. The van der Waals surface area contributed by atoms with E-state index in [0.717, 1.165) is 5.56 Å². The molecule has 19 heavy (non-hydrogen) atoms. The molecule has 0 spiro atoms. The Morgan fingerprint density at radius 2 is 1.84 bits per heavy atom. The molecule has 3 N–H and O–H groups in total. The van der Waals surface area contributed by atoms with Crippen LogP contribution >= 0.6 is 12.4 Å². The Hall–Kier alpha value is -1.10. The van der Waals surface area contributed by atoms with E-state index in [9.17, 15) is 4.79 Å². The van der Waals surface area contributed by atoms with Crippen LogP contribution in [-0.4, -0.2) is 30.3 Å². The highest BCUT2D eigenvalue weighted by Crippen LogP contribution is 2.22. The first-order chi connectivity index (χ1) is 8.34. The minimum atomic E-state index is -0.525. The lowest BCUT2D eigenvalue weighted by Gasteiger charge is -2.19. The number of carbonyl (C=O) groups is 1. The molecule has 0 amide bonds. The van der Waals surface area contributed by atoms with E-state index in [1.807, 2.05) is 12.1 Å². The van der Waals surface area contributed by atoms with Crippen LogP contribution in [0.15, 0.2) is 24.3 Å². The van der Waals surface area contributed by atoms with Crippen molar-refractivity contribution in [2.45, 2.75) is 32.2 Å². The Morgan fingerprint density at radius 1 is 1.32 bits per heavy atom. The van der Waals surface area contributed by atoms with Gasteiger partial charge in [-0.25, -0.2) is 4.79 Å². The average Bonchev–Trinajstić information content (AvgIpc) is 2.34. The van der Waals surface area contributed by atoms with E-state index >= 15 is 0 Å². The topological polar surface area (TPSA) is 72.5 Å². The fourth-order valence-electron chi connectivity index (χ4n) is 1.43. The molecular weight excluding hydrogens is 266 g/mol. The molecule has 0 radical (unpaired) electrons. The van der Waals surface area contributed by atoms with Crippen LogP contribution in [-0.2, 0) is 10.2 Å². The predicted molar refractivity (Wildman–Crippen MR) is 77.7 cm³/mol. The van der Waals surface area contributed by atoms with Gasteiger partial charge in [0, 0.05) is 0 Å². The molecule has 0 aliphatic carbocycles. The minimum absolute atomic E-state index is 0. The summed E-state index contributed by atoms with van der Waals surface area (Å²) < 4.78 is 4.98. The van der Waals surface area contributed by atoms with Gasteiger partial charge in [-0.1, -0.05) is 32.9 Å². The van der Waals surface area contributed by atoms with Gasteiger partial charge in [-0.05, 0) is 23.1 Å². The lowest BCUT2D eigenvalue weighted by molar-refractivity contribution is 0.0454. The van der Waals surface area contributed by atoms with Gasteiger partial charge in [-0.3, -0.25) is 0 Å². The number of hydrogen-bond donors (Lipinski definition) is 2. The van der Waals surface area contributed by atoms with Crippen LogP contribution < -0.4 is 5.73 Å². The molecule has 0 aromatic heterocycles. The summed E-state index contributed by atoms with van der Waals surface area (Å²) >= 11 is 0. The monoisotopic (exact) mass is 287 g/mol. The van der Waals surface area contributed by atoms with Gasteiger partial charge in [0.2, 0.25) is 0 Å². The number of halogens is 1. The van der Waals surface area contributed by atoms with Gasteiger partial charge in [-0.2, -0.15) is 0 Å². The van der Waals surface area contributed by atoms with E-state index in [0.29, 0.717) is 5.56 Å². The minimum Gasteiger partial charge on any atom is -0.460 e. The first-order valence-corrected chi connectivity index (χ1v) is 5.98. The molecule has 0 aliphatic rings. The lowest BCUT2D eigenvalue weighted by atomic mass is 9.87. The predicted octanol–water partition coefficient (Wildman–Crippen LogP) is 1.88. The van der Waals surface area contributed by atoms with Crippen molar-refractivity contribution in [3.05, 3.63) is 35.4 Å². The molecule has 0 fully saturated rings. The van der Waals surface area contributed by atoms with Gasteiger partial charge < -0.3 is 15.6 Å². The number of aliphatic hydroxyl groups is 1. The summed E-state index contributed by atoms with van der Waals surface area (Å²) in [5.41, 5.74) is 7.16. The van der Waals surface area contributed by atoms with Crippen LogP contribution in [0.25, 0.3) is 0 Å². The van der Waals surface area contributed by atoms with E-state index in [-0.39, 0.29) is 31.0 Å². The number of benzene rings is 1. The van der Waals surface area contributed by atoms with Gasteiger partial charge in [0.05, 0.1) is 18.2 Å². The van der Waals surface area contributed by atoms with Crippen molar-refractivity contribution in [3.63, 3.8) is 0 Å². The summed E-state index contributed by atoms with van der Waals surface area (Å²) in [6, 6.07) is 6.80. The summed E-state index contributed by atoms with van der Waals surface area (Å²) in [6.07, 6.45) is 0. The fourth-order valence-corrected chi connectivity index (χ4v) is 1.43. The highest BCUT2D eigenvalue weighted by atomic mass is 35.5. The Kier molecular flexibility index (Phi) is 7.05. The van der Waals surface area contributed by atoms with E-state index in [1.165, 1.54) is 0 Å². The normalized spacial score (nSPS) is 12.5. The fraction of sp³-hybridized carbons (Fsp3) is 0.500. The highest BCUT2D eigenvalue weighted by Gasteiger charge is 2.15. The summed E-state index contributed by atoms with van der Waals surface area (Å²) in [7, 11) is 0. The molecule has 1 aromatic rings. The maximum absolute atomic E-state index is 11.7. The SMILES string of the molecule is CC(C)(C)c1ccc(C(=O)OCC(N)CO)cc1.Cl. The summed E-state index contributed by atoms with van der Waals surface area (Å²) in [6.45, 7) is 6.16. The quantitative estimate of drug-likeness (QED) is 0.830. The second-order valence-electron chi connectivity index (χ2n) is 5.37. The van der Waals surface area contributed by atoms with Gasteiger partial charge >= 0.3 is 5.97 Å². The Balaban J connectivity index is 0.00000324. The van der Waals surface area contributed by atoms with Gasteiger partial charge in [0.25, 0.3) is 0 Å². The van der Waals surface area contributed by atoms with E-state index < -0.39 is 12.0 Å². The second kappa shape index (κ2) is 7.48. The van der Waals surface area contributed by atoms with E-state index in [1.54, 1.807) is 12.1 Å². The Labute approximate surface area is 120 Å². The third-order valence-electron chi connectivity index (χ3n) is 2.65. The van der Waals surface area contributed by atoms with Crippen LogP contribution in [0.1, 0.15) is 36.7 Å². The summed E-state index contributed by atoms with van der Waals surface area (Å²) in [4.78, 5) is 11.7. The zero-order valence-electron chi connectivity index (χ0n) is 11.6. The molecule has 108 valence electrons. The third kappa shape index (κ3) is 5.59. The van der Waals surface area contributed by atoms with Crippen molar-refractivity contribution < 1.29 is 14.6 Å². The molecule has 0 bridgehead atoms. The van der Waals surface area contributed by atoms with Crippen LogP contribution in [0, 0.1) is 0 Å². The second-order valence-corrected chi connectivity index (χ2v) is 5.37. The number of hydrogen-bond acceptors (Lipinski definition) is 4. The Bertz CT molecular complexity index is 398. The molecule has 1 unspecified atom stereocenters. The smallest absolute Gasteiger partial charge is 0.338 e. The first-order valence-electron chi connectivity index (χ1n) is 5.98. The van der Waals surface area contributed by atoms with Crippen molar-refractivity contribution in [1.82, 2.24) is 0 Å². The zero-order chi connectivity index (χ0) is 13.8. The van der Waals surface area contributed by atoms with Gasteiger partial charge in [0.1, 0.15) is 6.61 Å². The number of ether oxygens (including phenoxy) is 1. The lowest BCUT2D eigenvalue weighted by Crippen LogP contribution is -2.31. The van der Waals surface area contributed by atoms with E-state index in [4.69, 9.17) is 15.6 Å². The van der Waals surface area contributed by atoms with Crippen molar-refractivity contribution in [3.8, 4) is 0 Å². The number of rotatable bonds is 4. The number of esters is 1. The average molecular weight is 288 g/mol. The van der Waals surface area contributed by atoms with Crippen LogP contribution in [0.3, 0.4) is 0 Å². The molecular formula is C14H22ClNO3. The molecule has 1 aromatic carbocycles. The van der Waals surface area contributed by atoms with Crippen molar-refractivity contribution in [2.75, 3.05) is 13.2 Å². The van der Waals surface area contributed by atoms with Crippen LogP contribution in [0.2, 0.25) is 0 Å². The number of aliphatic hydroxyl groups excluding tert-OH is 1. The highest BCUT2D eigenvalue weighted by molar-refractivity contribution is 5.89. The zero-order valence-corrected chi connectivity index (χ0v) is 12.4. The van der Waals surface area contributed by atoms with Crippen molar-refractivity contribution >= 4 is 18.4 Å². The standard InChI is InChI=1S/C14H21NO3.ClH/c1-14(2,3)11-6-4-10(5-7-11)13(17)18-9-12(15)8-16;/h4-7,12,16H,8-9,15H2,1-3H3;1H. The Morgan fingerprint density at radius 3 is 2.26 bits per heavy atom. The molecule has 1 atom stereocenters. The molecule has 0 saturated heterocycles. The van der Waals surface area contributed by atoms with Crippen LogP contribution in [0.4, 0.5) is 0 Å². The summed E-state index contributed by atoms with van der Waals surface area (Å²) in [5, 5.41) is 8.73. The maximum atomic E-state index is 11.7. The molecule has 1 rings (SSSR count).